The Bertz CT molecular complexity index is 851. The molecule has 3 aromatic rings. The molecule has 0 bridgehead atoms. The number of alkyl carbamates (subject to hydrolysis) is 1. The van der Waals surface area contributed by atoms with Gasteiger partial charge in [0.2, 0.25) is 0 Å². The summed E-state index contributed by atoms with van der Waals surface area (Å²) in [6, 6.07) is 14.6. The lowest BCUT2D eigenvalue weighted by molar-refractivity contribution is 0.139. The number of amides is 1. The molecule has 0 aliphatic heterocycles. The van der Waals surface area contributed by atoms with Gasteiger partial charge >= 0.3 is 6.09 Å². The summed E-state index contributed by atoms with van der Waals surface area (Å²) < 4.78 is 5.15. The number of carbonyl (C=O) groups is 1. The topological polar surface area (TPSA) is 93.0 Å². The number of hydrogen-bond donors (Lipinski definition) is 3. The molecule has 1 unspecified atom stereocenters. The van der Waals surface area contributed by atoms with Crippen molar-refractivity contribution in [1.82, 2.24) is 15.3 Å². The average molecular weight is 359 g/mol. The molecular weight excluding hydrogens is 340 g/mol. The van der Waals surface area contributed by atoms with Crippen molar-refractivity contribution in [1.29, 1.82) is 0 Å². The van der Waals surface area contributed by atoms with Crippen LogP contribution in [0.15, 0.2) is 48.5 Å². The number of imidazole rings is 1. The minimum atomic E-state index is -0.465. The number of hydrogen-bond acceptors (Lipinski definition) is 4. The summed E-state index contributed by atoms with van der Waals surface area (Å²) >= 11 is 5.96. The zero-order chi connectivity index (χ0) is 17.6. The Morgan fingerprint density at radius 1 is 1.28 bits per heavy atom. The lowest BCUT2D eigenvalue weighted by Crippen LogP contribution is -2.28. The SMILES string of the molecule is NC(CCNC(=O)OCc1ccccc1)c1nc2ccc(Cl)cc2[nH]1. The maximum Gasteiger partial charge on any atom is 0.407 e. The van der Waals surface area contributed by atoms with Gasteiger partial charge in [-0.15, -0.1) is 0 Å². The smallest absolute Gasteiger partial charge is 0.407 e. The molecule has 1 aromatic heterocycles. The van der Waals surface area contributed by atoms with Gasteiger partial charge in [-0.05, 0) is 30.2 Å². The Morgan fingerprint density at radius 3 is 2.88 bits per heavy atom. The molecule has 2 aromatic carbocycles. The molecule has 0 spiro atoms. The Hall–Kier alpha value is -2.57. The van der Waals surface area contributed by atoms with Crippen molar-refractivity contribution in [3.8, 4) is 0 Å². The molecule has 6 nitrogen and oxygen atoms in total. The van der Waals surface area contributed by atoms with Crippen molar-refractivity contribution in [2.45, 2.75) is 19.1 Å². The zero-order valence-electron chi connectivity index (χ0n) is 13.5. The van der Waals surface area contributed by atoms with E-state index in [9.17, 15) is 4.79 Å². The molecule has 1 amide bonds. The van der Waals surface area contributed by atoms with E-state index in [1.54, 1.807) is 12.1 Å². The third kappa shape index (κ3) is 4.71. The van der Waals surface area contributed by atoms with Crippen molar-refractivity contribution in [3.05, 3.63) is 64.9 Å². The van der Waals surface area contributed by atoms with Gasteiger partial charge in [-0.2, -0.15) is 0 Å². The predicted molar refractivity (Wildman–Crippen MR) is 97.3 cm³/mol. The maximum atomic E-state index is 11.7. The fourth-order valence-electron chi connectivity index (χ4n) is 2.42. The quantitative estimate of drug-likeness (QED) is 0.628. The van der Waals surface area contributed by atoms with Gasteiger partial charge in [0.25, 0.3) is 0 Å². The highest BCUT2D eigenvalue weighted by Gasteiger charge is 2.12. The van der Waals surface area contributed by atoms with Crippen LogP contribution in [0.4, 0.5) is 4.79 Å². The van der Waals surface area contributed by atoms with Crippen molar-refractivity contribution in [2.24, 2.45) is 5.73 Å². The Morgan fingerprint density at radius 2 is 2.08 bits per heavy atom. The van der Waals surface area contributed by atoms with Gasteiger partial charge in [0.1, 0.15) is 12.4 Å². The standard InChI is InChI=1S/C18H19ClN4O2/c19-13-6-7-15-16(10-13)23-17(22-15)14(20)8-9-21-18(24)25-11-12-4-2-1-3-5-12/h1-7,10,14H,8-9,11,20H2,(H,21,24)(H,22,23). The monoisotopic (exact) mass is 358 g/mol. The van der Waals surface area contributed by atoms with Crippen molar-refractivity contribution in [3.63, 3.8) is 0 Å². The number of nitrogens with one attached hydrogen (secondary N) is 2. The summed E-state index contributed by atoms with van der Waals surface area (Å²) in [5.74, 6) is 0.664. The second-order valence-corrected chi connectivity index (χ2v) is 6.10. The molecular formula is C18H19ClN4O2. The van der Waals surface area contributed by atoms with Crippen LogP contribution in [-0.2, 0) is 11.3 Å². The van der Waals surface area contributed by atoms with E-state index in [-0.39, 0.29) is 12.6 Å². The van der Waals surface area contributed by atoms with Crippen LogP contribution >= 0.6 is 11.6 Å². The van der Waals surface area contributed by atoms with Gasteiger partial charge in [-0.25, -0.2) is 9.78 Å². The molecule has 25 heavy (non-hydrogen) atoms. The molecule has 0 radical (unpaired) electrons. The highest BCUT2D eigenvalue weighted by molar-refractivity contribution is 6.31. The number of nitrogens with zero attached hydrogens (tertiary/aromatic N) is 1. The minimum Gasteiger partial charge on any atom is -0.445 e. The summed E-state index contributed by atoms with van der Waals surface area (Å²) in [4.78, 5) is 19.3. The molecule has 0 fully saturated rings. The molecule has 1 heterocycles. The molecule has 130 valence electrons. The molecule has 1 atom stereocenters. The summed E-state index contributed by atoms with van der Waals surface area (Å²) in [5, 5.41) is 3.33. The predicted octanol–water partition coefficient (Wildman–Crippen LogP) is 3.53. The number of H-pyrrole nitrogens is 1. The molecule has 0 aliphatic rings. The van der Waals surface area contributed by atoms with Crippen molar-refractivity contribution >= 4 is 28.7 Å². The molecule has 4 N–H and O–H groups in total. The molecule has 0 saturated heterocycles. The van der Waals surface area contributed by atoms with Crippen LogP contribution in [0, 0.1) is 0 Å². The number of aromatic amines is 1. The Labute approximate surface area is 150 Å². The summed E-state index contributed by atoms with van der Waals surface area (Å²) in [7, 11) is 0. The Kier molecular flexibility index (Phi) is 5.53. The first-order valence-electron chi connectivity index (χ1n) is 7.97. The van der Waals surface area contributed by atoms with Gasteiger partial charge in [-0.1, -0.05) is 41.9 Å². The second kappa shape index (κ2) is 8.00. The zero-order valence-corrected chi connectivity index (χ0v) is 14.3. The Balaban J connectivity index is 1.45. The summed E-state index contributed by atoms with van der Waals surface area (Å²) in [5.41, 5.74) is 8.72. The van der Waals surface area contributed by atoms with E-state index in [0.29, 0.717) is 23.8 Å². The normalized spacial score (nSPS) is 12.1. The maximum absolute atomic E-state index is 11.7. The number of fused-ring (bicyclic) bond motifs is 1. The van der Waals surface area contributed by atoms with Gasteiger partial charge in [0, 0.05) is 11.6 Å². The second-order valence-electron chi connectivity index (χ2n) is 5.67. The van der Waals surface area contributed by atoms with E-state index in [2.05, 4.69) is 15.3 Å². The van der Waals surface area contributed by atoms with E-state index in [1.807, 2.05) is 36.4 Å². The highest BCUT2D eigenvalue weighted by Crippen LogP contribution is 2.20. The number of halogens is 1. The van der Waals surface area contributed by atoms with Crippen LogP contribution in [0.3, 0.4) is 0 Å². The van der Waals surface area contributed by atoms with Crippen molar-refractivity contribution < 1.29 is 9.53 Å². The number of benzene rings is 2. The van der Waals surface area contributed by atoms with Gasteiger partial charge in [0.05, 0.1) is 17.1 Å². The van der Waals surface area contributed by atoms with Crippen molar-refractivity contribution in [2.75, 3.05) is 6.54 Å². The van der Waals surface area contributed by atoms with E-state index in [4.69, 9.17) is 22.1 Å². The largest absolute Gasteiger partial charge is 0.445 e. The van der Waals surface area contributed by atoms with Gasteiger partial charge < -0.3 is 20.8 Å². The molecule has 0 saturated carbocycles. The van der Waals surface area contributed by atoms with E-state index >= 15 is 0 Å². The van der Waals surface area contributed by atoms with Crippen LogP contribution in [0.2, 0.25) is 5.02 Å². The number of carbonyl (C=O) groups excluding carboxylic acids is 1. The summed E-state index contributed by atoms with van der Waals surface area (Å²) in [6.07, 6.45) is 0.0704. The van der Waals surface area contributed by atoms with E-state index in [0.717, 1.165) is 16.6 Å². The number of aromatic nitrogens is 2. The lowest BCUT2D eigenvalue weighted by atomic mass is 10.2. The fraction of sp³-hybridized carbons (Fsp3) is 0.222. The first-order valence-corrected chi connectivity index (χ1v) is 8.35. The first-order chi connectivity index (χ1) is 12.1. The van der Waals surface area contributed by atoms with E-state index < -0.39 is 6.09 Å². The van der Waals surface area contributed by atoms with Crippen LogP contribution in [0.25, 0.3) is 11.0 Å². The van der Waals surface area contributed by atoms with Crippen LogP contribution in [0.5, 0.6) is 0 Å². The lowest BCUT2D eigenvalue weighted by Gasteiger charge is -2.10. The van der Waals surface area contributed by atoms with E-state index in [1.165, 1.54) is 0 Å². The third-order valence-electron chi connectivity index (χ3n) is 3.75. The van der Waals surface area contributed by atoms with Crippen LogP contribution in [0.1, 0.15) is 23.9 Å². The minimum absolute atomic E-state index is 0.239. The van der Waals surface area contributed by atoms with Crippen LogP contribution in [-0.4, -0.2) is 22.6 Å². The number of nitrogens with two attached hydrogens (primary N) is 1. The first kappa shape index (κ1) is 17.3. The highest BCUT2D eigenvalue weighted by atomic mass is 35.5. The average Bonchev–Trinajstić information content (AvgIpc) is 3.04. The number of rotatable bonds is 6. The number of ether oxygens (including phenoxy) is 1. The van der Waals surface area contributed by atoms with Crippen LogP contribution < -0.4 is 11.1 Å². The van der Waals surface area contributed by atoms with Gasteiger partial charge in [-0.3, -0.25) is 0 Å². The third-order valence-corrected chi connectivity index (χ3v) is 3.99. The molecule has 7 heteroatoms. The molecule has 0 aliphatic carbocycles. The fourth-order valence-corrected chi connectivity index (χ4v) is 2.59. The molecule has 3 rings (SSSR count). The summed E-state index contributed by atoms with van der Waals surface area (Å²) in [6.45, 7) is 0.635. The van der Waals surface area contributed by atoms with Gasteiger partial charge in [0.15, 0.2) is 0 Å².